The predicted octanol–water partition coefficient (Wildman–Crippen LogP) is 2.91. The maximum Gasteiger partial charge on any atom is 0.340 e. The van der Waals surface area contributed by atoms with Gasteiger partial charge in [0.2, 0.25) is 0 Å². The number of carbonyl (C=O) groups is 2. The number of methoxy groups -OCH3 is 1. The molecule has 0 spiro atoms. The van der Waals surface area contributed by atoms with E-state index < -0.39 is 5.97 Å². The van der Waals surface area contributed by atoms with Crippen molar-refractivity contribution in [1.82, 2.24) is 4.90 Å². The Balaban J connectivity index is 2.51. The van der Waals surface area contributed by atoms with Gasteiger partial charge in [-0.3, -0.25) is 4.79 Å². The molecule has 6 heteroatoms. The minimum absolute atomic E-state index is 0.166. The first-order valence-electron chi connectivity index (χ1n) is 8.65. The summed E-state index contributed by atoms with van der Waals surface area (Å²) in [6, 6.07) is 5.59. The van der Waals surface area contributed by atoms with Crippen LogP contribution in [0.3, 0.4) is 0 Å². The molecule has 0 radical (unpaired) electrons. The third-order valence-corrected chi connectivity index (χ3v) is 4.55. The van der Waals surface area contributed by atoms with E-state index in [1.54, 1.807) is 31.9 Å². The molecule has 0 bridgehead atoms. The van der Waals surface area contributed by atoms with Crippen molar-refractivity contribution in [2.75, 3.05) is 20.3 Å². The Kier molecular flexibility index (Phi) is 6.60. The third kappa shape index (κ3) is 4.16. The molecule has 1 aromatic rings. The van der Waals surface area contributed by atoms with E-state index in [1.165, 1.54) is 0 Å². The zero-order valence-electron chi connectivity index (χ0n) is 16.0. The van der Waals surface area contributed by atoms with Crippen LogP contribution in [0.15, 0.2) is 35.0 Å². The molecule has 0 saturated carbocycles. The van der Waals surface area contributed by atoms with Crippen LogP contribution in [-0.4, -0.2) is 37.0 Å². The first kappa shape index (κ1) is 20.2. The molecule has 1 atom stereocenters. The molecular weight excluding hydrogens is 349 g/mol. The number of benzene rings is 1. The molecule has 1 aliphatic heterocycles. The van der Waals surface area contributed by atoms with Crippen molar-refractivity contribution < 1.29 is 19.1 Å². The van der Waals surface area contributed by atoms with E-state index in [0.717, 1.165) is 16.6 Å². The lowest BCUT2D eigenvalue weighted by molar-refractivity contribution is -0.138. The smallest absolute Gasteiger partial charge is 0.340 e. The Morgan fingerprint density at radius 1 is 1.35 bits per heavy atom. The fourth-order valence-electron chi connectivity index (χ4n) is 2.92. The predicted molar refractivity (Wildman–Crippen MR) is 106 cm³/mol. The summed E-state index contributed by atoms with van der Waals surface area (Å²) < 4.78 is 10.4. The van der Waals surface area contributed by atoms with E-state index in [0.29, 0.717) is 23.4 Å². The number of hydrogen-bond acceptors (Lipinski definition) is 4. The van der Waals surface area contributed by atoms with Crippen molar-refractivity contribution in [3.05, 3.63) is 40.6 Å². The summed E-state index contributed by atoms with van der Waals surface area (Å²) in [5, 5.41) is 0.879. The lowest BCUT2D eigenvalue weighted by atomic mass is 10.0. The lowest BCUT2D eigenvalue weighted by Crippen LogP contribution is -2.28. The highest BCUT2D eigenvalue weighted by Crippen LogP contribution is 2.32. The van der Waals surface area contributed by atoms with Crippen LogP contribution in [-0.2, 0) is 14.3 Å². The van der Waals surface area contributed by atoms with Gasteiger partial charge >= 0.3 is 5.97 Å². The Morgan fingerprint density at radius 2 is 2.04 bits per heavy atom. The second kappa shape index (κ2) is 8.50. The van der Waals surface area contributed by atoms with Crippen LogP contribution in [0.4, 0.5) is 0 Å². The number of ether oxygens (including phenoxy) is 2. The van der Waals surface area contributed by atoms with E-state index in [2.05, 4.69) is 9.24 Å². The average molecular weight is 375 g/mol. The van der Waals surface area contributed by atoms with Crippen LogP contribution >= 0.6 is 9.24 Å². The fraction of sp³-hybridized carbons (Fsp3) is 0.400. The summed E-state index contributed by atoms with van der Waals surface area (Å²) in [4.78, 5) is 27.1. The van der Waals surface area contributed by atoms with Gasteiger partial charge in [-0.25, -0.2) is 4.79 Å². The molecule has 0 N–H and O–H groups in total. The molecule has 1 aromatic carbocycles. The molecule has 1 amide bonds. The molecule has 0 aromatic heterocycles. The first-order chi connectivity index (χ1) is 12.3. The molecule has 1 aliphatic rings. The van der Waals surface area contributed by atoms with Gasteiger partial charge in [0.15, 0.2) is 0 Å². The molecule has 1 heterocycles. The highest BCUT2D eigenvalue weighted by molar-refractivity contribution is 7.27. The van der Waals surface area contributed by atoms with E-state index in [1.807, 2.05) is 32.0 Å². The number of hydrogen-bond donors (Lipinski definition) is 0. The Hall–Kier alpha value is -2.13. The highest BCUT2D eigenvalue weighted by Gasteiger charge is 2.37. The first-order valence-corrected chi connectivity index (χ1v) is 9.23. The number of carbonyl (C=O) groups excluding carboxylic acids is 2. The monoisotopic (exact) mass is 375 g/mol. The highest BCUT2D eigenvalue weighted by atomic mass is 31.0. The third-order valence-electron chi connectivity index (χ3n) is 4.10. The van der Waals surface area contributed by atoms with Gasteiger partial charge < -0.3 is 14.4 Å². The lowest BCUT2D eigenvalue weighted by Gasteiger charge is -2.19. The number of rotatable bonds is 6. The maximum absolute atomic E-state index is 13.0. The van der Waals surface area contributed by atoms with E-state index >= 15 is 0 Å². The summed E-state index contributed by atoms with van der Waals surface area (Å²) in [5.74, 6) is 0.404. The van der Waals surface area contributed by atoms with E-state index in [-0.39, 0.29) is 18.4 Å². The van der Waals surface area contributed by atoms with Gasteiger partial charge in [-0.1, -0.05) is 19.9 Å². The normalized spacial score (nSPS) is 16.0. The zero-order valence-corrected chi connectivity index (χ0v) is 17.1. The van der Waals surface area contributed by atoms with Gasteiger partial charge in [-0.05, 0) is 43.5 Å². The van der Waals surface area contributed by atoms with E-state index in [4.69, 9.17) is 9.47 Å². The van der Waals surface area contributed by atoms with Crippen molar-refractivity contribution in [1.29, 1.82) is 0 Å². The minimum Gasteiger partial charge on any atom is -0.496 e. The van der Waals surface area contributed by atoms with Crippen LogP contribution in [0.1, 0.15) is 33.3 Å². The summed E-state index contributed by atoms with van der Waals surface area (Å²) in [5.41, 5.74) is 2.18. The van der Waals surface area contributed by atoms with Crippen molar-refractivity contribution in [3.8, 4) is 5.75 Å². The second-order valence-electron chi connectivity index (χ2n) is 6.55. The number of allylic oxidation sites excluding steroid dienone is 1. The van der Waals surface area contributed by atoms with Gasteiger partial charge in [0.1, 0.15) is 5.75 Å². The van der Waals surface area contributed by atoms with Crippen molar-refractivity contribution in [2.45, 2.75) is 27.7 Å². The Bertz CT molecular complexity index is 780. The molecule has 0 saturated heterocycles. The van der Waals surface area contributed by atoms with Crippen LogP contribution in [0.25, 0.3) is 6.08 Å². The second-order valence-corrected chi connectivity index (χ2v) is 7.17. The number of esters is 1. The Morgan fingerprint density at radius 3 is 2.58 bits per heavy atom. The molecule has 2 rings (SSSR count). The molecule has 0 fully saturated rings. The quantitative estimate of drug-likeness (QED) is 0.436. The van der Waals surface area contributed by atoms with Crippen molar-refractivity contribution in [3.63, 3.8) is 0 Å². The van der Waals surface area contributed by atoms with Gasteiger partial charge in [0.25, 0.3) is 5.91 Å². The molecular formula is C20H26NO4P. The SMILES string of the molecule is CCOC(=O)C1=C(C)N(CC(C)C)C(=O)/C1=C\c1ccc(OC)c(P)c1. The standard InChI is InChI=1S/C20H26NO4P/c1-6-25-20(23)18-13(4)21(11-12(2)3)19(22)15(18)9-14-7-8-16(24-5)17(26)10-14/h7-10,12H,6,11,26H2,1-5H3/b15-9-. The van der Waals surface area contributed by atoms with Gasteiger partial charge in [0.05, 0.1) is 24.9 Å². The zero-order chi connectivity index (χ0) is 19.4. The van der Waals surface area contributed by atoms with Crippen LogP contribution in [0, 0.1) is 5.92 Å². The molecule has 26 heavy (non-hydrogen) atoms. The van der Waals surface area contributed by atoms with Gasteiger partial charge in [-0.15, -0.1) is 9.24 Å². The summed E-state index contributed by atoms with van der Waals surface area (Å²) in [6.07, 6.45) is 1.74. The number of amides is 1. The average Bonchev–Trinajstić information content (AvgIpc) is 2.79. The van der Waals surface area contributed by atoms with Crippen LogP contribution in [0.5, 0.6) is 5.75 Å². The minimum atomic E-state index is -0.463. The number of nitrogens with zero attached hydrogens (tertiary/aromatic N) is 1. The summed E-state index contributed by atoms with van der Waals surface area (Å²) >= 11 is 0. The van der Waals surface area contributed by atoms with Crippen LogP contribution < -0.4 is 10.0 Å². The molecule has 0 aliphatic carbocycles. The summed E-state index contributed by atoms with van der Waals surface area (Å²) in [6.45, 7) is 8.45. The van der Waals surface area contributed by atoms with Gasteiger partial charge in [0, 0.05) is 17.5 Å². The largest absolute Gasteiger partial charge is 0.496 e. The topological polar surface area (TPSA) is 55.8 Å². The molecule has 1 unspecified atom stereocenters. The van der Waals surface area contributed by atoms with Crippen molar-refractivity contribution in [2.24, 2.45) is 5.92 Å². The van der Waals surface area contributed by atoms with Crippen molar-refractivity contribution >= 4 is 32.5 Å². The Labute approximate surface area is 157 Å². The van der Waals surface area contributed by atoms with E-state index in [9.17, 15) is 9.59 Å². The van der Waals surface area contributed by atoms with Gasteiger partial charge in [-0.2, -0.15) is 0 Å². The fourth-order valence-corrected chi connectivity index (χ4v) is 3.33. The maximum atomic E-state index is 13.0. The molecule has 140 valence electrons. The molecule has 5 nitrogen and oxygen atoms in total. The summed E-state index contributed by atoms with van der Waals surface area (Å²) in [7, 11) is 4.22. The van der Waals surface area contributed by atoms with Crippen LogP contribution in [0.2, 0.25) is 0 Å².